The van der Waals surface area contributed by atoms with Gasteiger partial charge >= 0.3 is 5.97 Å². The zero-order valence-electron chi connectivity index (χ0n) is 30.2. The predicted octanol–water partition coefficient (Wildman–Crippen LogP) is 9.59. The maximum atomic E-state index is 12.6. The minimum absolute atomic E-state index is 0.0143. The Bertz CT molecular complexity index is 2330. The van der Waals surface area contributed by atoms with Crippen molar-refractivity contribution in [3.63, 3.8) is 0 Å². The number of oxime groups is 1. The Balaban J connectivity index is 1.10. The van der Waals surface area contributed by atoms with Gasteiger partial charge in [-0.25, -0.2) is 9.78 Å². The van der Waals surface area contributed by atoms with E-state index in [1.165, 1.54) is 11.3 Å². The van der Waals surface area contributed by atoms with Crippen LogP contribution in [0.4, 0.5) is 5.13 Å². The molecule has 8 rings (SSSR count). The minimum Gasteiger partial charge on any atom is -0.476 e. The highest BCUT2D eigenvalue weighted by Gasteiger charge is 2.40. The standard InChI is InChI=1S/C47H37N5O3S/c53-44(54)43(42-34-56-45(49-42)50-46(36-19-7-1-8-20-36,37-21-9-2-10-22-37)38-23-11-3-12-24-38)51-55-33-35-31-48-52(32-35)47(39-25-13-4-14-26-39,40-27-15-5-16-28-40)41-29-17-6-18-30-41/h1-32,34H,33H2,(H,49,50)(H,53,54). The molecule has 274 valence electrons. The molecule has 0 bridgehead atoms. The van der Waals surface area contributed by atoms with Gasteiger partial charge in [-0.05, 0) is 33.4 Å². The molecule has 8 aromatic rings. The van der Waals surface area contributed by atoms with Crippen LogP contribution in [0.5, 0.6) is 0 Å². The molecule has 0 fully saturated rings. The number of carboxylic acids is 1. The summed E-state index contributed by atoms with van der Waals surface area (Å²) >= 11 is 1.30. The molecule has 2 heterocycles. The summed E-state index contributed by atoms with van der Waals surface area (Å²) in [6.07, 6.45) is 3.64. The first-order valence-electron chi connectivity index (χ1n) is 18.1. The number of hydrogen-bond donors (Lipinski definition) is 2. The van der Waals surface area contributed by atoms with E-state index in [1.807, 2.05) is 120 Å². The summed E-state index contributed by atoms with van der Waals surface area (Å²) in [5.74, 6) is -1.26. The summed E-state index contributed by atoms with van der Waals surface area (Å²) < 4.78 is 1.93. The van der Waals surface area contributed by atoms with Crippen molar-refractivity contribution in [1.82, 2.24) is 14.8 Å². The van der Waals surface area contributed by atoms with E-state index in [4.69, 9.17) is 14.9 Å². The fraction of sp³-hybridized carbons (Fsp3) is 0.0638. The molecule has 6 aromatic carbocycles. The Morgan fingerprint density at radius 3 is 1.46 bits per heavy atom. The van der Waals surface area contributed by atoms with Gasteiger partial charge in [0.1, 0.15) is 23.4 Å². The molecule has 8 nitrogen and oxygen atoms in total. The molecule has 2 aromatic heterocycles. The lowest BCUT2D eigenvalue weighted by Gasteiger charge is -2.36. The van der Waals surface area contributed by atoms with Gasteiger partial charge in [-0.1, -0.05) is 187 Å². The van der Waals surface area contributed by atoms with Crippen molar-refractivity contribution in [2.45, 2.75) is 17.7 Å². The van der Waals surface area contributed by atoms with Crippen molar-refractivity contribution < 1.29 is 14.7 Å². The number of benzene rings is 6. The number of thiazole rings is 1. The molecule has 0 radical (unpaired) electrons. The first kappa shape index (κ1) is 35.9. The van der Waals surface area contributed by atoms with Gasteiger partial charge in [-0.15, -0.1) is 11.3 Å². The van der Waals surface area contributed by atoms with E-state index in [2.05, 4.69) is 83.3 Å². The first-order chi connectivity index (χ1) is 27.6. The van der Waals surface area contributed by atoms with Crippen molar-refractivity contribution in [3.8, 4) is 0 Å². The van der Waals surface area contributed by atoms with E-state index in [-0.39, 0.29) is 18.0 Å². The normalized spacial score (nSPS) is 11.9. The largest absolute Gasteiger partial charge is 0.476 e. The van der Waals surface area contributed by atoms with Crippen molar-refractivity contribution in [2.24, 2.45) is 5.16 Å². The second-order valence-corrected chi connectivity index (χ2v) is 14.0. The number of hydrogen-bond acceptors (Lipinski definition) is 7. The SMILES string of the molecule is O=C(O)C(=NOCc1cnn(C(c2ccccc2)(c2ccccc2)c2ccccc2)c1)c1csc(NC(c2ccccc2)(c2ccccc2)c2ccccc2)n1. The predicted molar refractivity (Wildman–Crippen MR) is 221 cm³/mol. The van der Waals surface area contributed by atoms with Gasteiger partial charge in [-0.3, -0.25) is 4.68 Å². The summed E-state index contributed by atoms with van der Waals surface area (Å²) in [5, 5.41) is 25.2. The summed E-state index contributed by atoms with van der Waals surface area (Å²) in [4.78, 5) is 23.1. The van der Waals surface area contributed by atoms with Crippen LogP contribution in [0.15, 0.2) is 205 Å². The van der Waals surface area contributed by atoms with E-state index in [1.54, 1.807) is 11.6 Å². The number of carboxylic acid groups (broad SMARTS) is 1. The third-order valence-electron chi connectivity index (χ3n) is 9.81. The van der Waals surface area contributed by atoms with Gasteiger partial charge in [0.15, 0.2) is 5.13 Å². The molecule has 0 unspecified atom stereocenters. The number of carbonyl (C=O) groups is 1. The molecular weight excluding hydrogens is 715 g/mol. The molecule has 0 saturated heterocycles. The molecule has 0 aliphatic carbocycles. The van der Waals surface area contributed by atoms with E-state index in [0.29, 0.717) is 10.7 Å². The van der Waals surface area contributed by atoms with Crippen LogP contribution in [-0.4, -0.2) is 31.6 Å². The Morgan fingerprint density at radius 2 is 1.05 bits per heavy atom. The van der Waals surface area contributed by atoms with E-state index in [9.17, 15) is 9.90 Å². The highest BCUT2D eigenvalue weighted by atomic mass is 32.1. The lowest BCUT2D eigenvalue weighted by Crippen LogP contribution is -2.38. The summed E-state index contributed by atoms with van der Waals surface area (Å²) in [6.45, 7) is -0.0143. The quantitative estimate of drug-likeness (QED) is 0.0652. The van der Waals surface area contributed by atoms with Crippen LogP contribution in [0.25, 0.3) is 0 Å². The number of nitrogens with one attached hydrogen (secondary N) is 1. The molecular formula is C47H37N5O3S. The molecule has 0 aliphatic rings. The molecule has 0 atom stereocenters. The van der Waals surface area contributed by atoms with Gasteiger partial charge in [-0.2, -0.15) is 5.10 Å². The number of nitrogens with zero attached hydrogens (tertiary/aromatic N) is 4. The van der Waals surface area contributed by atoms with Crippen LogP contribution in [0.2, 0.25) is 0 Å². The van der Waals surface area contributed by atoms with Gasteiger partial charge in [0.25, 0.3) is 0 Å². The third kappa shape index (κ3) is 6.87. The van der Waals surface area contributed by atoms with Crippen LogP contribution in [0.1, 0.15) is 44.6 Å². The average Bonchev–Trinajstić information content (AvgIpc) is 3.94. The van der Waals surface area contributed by atoms with Crippen molar-refractivity contribution in [2.75, 3.05) is 5.32 Å². The second-order valence-electron chi connectivity index (χ2n) is 13.1. The zero-order chi connectivity index (χ0) is 38.2. The Morgan fingerprint density at radius 1 is 0.643 bits per heavy atom. The minimum atomic E-state index is -1.26. The molecule has 2 N–H and O–H groups in total. The van der Waals surface area contributed by atoms with Crippen LogP contribution in [-0.2, 0) is 27.3 Å². The summed E-state index contributed by atoms with van der Waals surface area (Å²) in [7, 11) is 0. The van der Waals surface area contributed by atoms with Gasteiger partial charge < -0.3 is 15.3 Å². The number of rotatable bonds is 14. The molecule has 0 saturated carbocycles. The Labute approximate surface area is 329 Å². The molecule has 0 aliphatic heterocycles. The van der Waals surface area contributed by atoms with Crippen LogP contribution >= 0.6 is 11.3 Å². The van der Waals surface area contributed by atoms with Crippen molar-refractivity contribution in [3.05, 3.63) is 244 Å². The molecule has 0 spiro atoms. The van der Waals surface area contributed by atoms with Gasteiger partial charge in [0, 0.05) is 17.1 Å². The summed E-state index contributed by atoms with van der Waals surface area (Å²) in [6, 6.07) is 61.2. The average molecular weight is 752 g/mol. The fourth-order valence-corrected chi connectivity index (χ4v) is 8.05. The van der Waals surface area contributed by atoms with E-state index < -0.39 is 17.0 Å². The molecule has 56 heavy (non-hydrogen) atoms. The van der Waals surface area contributed by atoms with Crippen LogP contribution in [0.3, 0.4) is 0 Å². The van der Waals surface area contributed by atoms with Gasteiger partial charge in [0.2, 0.25) is 5.71 Å². The smallest absolute Gasteiger partial charge is 0.360 e. The highest BCUT2D eigenvalue weighted by molar-refractivity contribution is 7.14. The zero-order valence-corrected chi connectivity index (χ0v) is 31.0. The van der Waals surface area contributed by atoms with Crippen molar-refractivity contribution in [1.29, 1.82) is 0 Å². The second kappa shape index (κ2) is 16.1. The van der Waals surface area contributed by atoms with Crippen LogP contribution < -0.4 is 5.32 Å². The highest BCUT2D eigenvalue weighted by Crippen LogP contribution is 2.42. The van der Waals surface area contributed by atoms with Gasteiger partial charge in [0.05, 0.1) is 6.20 Å². The number of anilines is 1. The third-order valence-corrected chi connectivity index (χ3v) is 10.6. The maximum Gasteiger partial charge on any atom is 0.360 e. The Kier molecular flexibility index (Phi) is 10.3. The molecule has 0 amide bonds. The van der Waals surface area contributed by atoms with Crippen LogP contribution in [0, 0.1) is 0 Å². The van der Waals surface area contributed by atoms with E-state index in [0.717, 1.165) is 33.4 Å². The van der Waals surface area contributed by atoms with E-state index >= 15 is 0 Å². The monoisotopic (exact) mass is 751 g/mol. The maximum absolute atomic E-state index is 12.6. The fourth-order valence-electron chi connectivity index (χ4n) is 7.30. The first-order valence-corrected chi connectivity index (χ1v) is 19.0. The number of aromatic nitrogens is 3. The lowest BCUT2D eigenvalue weighted by atomic mass is 9.77. The Hall–Kier alpha value is -7.10. The lowest BCUT2D eigenvalue weighted by molar-refractivity contribution is -0.129. The number of aliphatic carboxylic acids is 1. The molecule has 9 heteroatoms. The topological polar surface area (TPSA) is 102 Å². The van der Waals surface area contributed by atoms with Crippen molar-refractivity contribution >= 4 is 28.1 Å². The summed E-state index contributed by atoms with van der Waals surface area (Å²) in [5.41, 5.74) is 5.06.